The van der Waals surface area contributed by atoms with Crippen LogP contribution in [0.2, 0.25) is 10.0 Å². The second-order valence-corrected chi connectivity index (χ2v) is 10.4. The van der Waals surface area contributed by atoms with Crippen molar-refractivity contribution in [3.63, 3.8) is 0 Å². The van der Waals surface area contributed by atoms with Gasteiger partial charge in [-0.05, 0) is 67.3 Å². The number of aromatic nitrogens is 1. The van der Waals surface area contributed by atoms with Gasteiger partial charge >= 0.3 is 5.97 Å². The topological polar surface area (TPSA) is 104 Å². The molecule has 0 aliphatic rings. The minimum Gasteiger partial charge on any atom is -0.611 e. The summed E-state index contributed by atoms with van der Waals surface area (Å²) in [6.07, 6.45) is -0.278. The lowest BCUT2D eigenvalue weighted by Gasteiger charge is -2.18. The highest BCUT2D eigenvalue weighted by atomic mass is 35.5. The Labute approximate surface area is 211 Å². The number of hydrogen-bond acceptors (Lipinski definition) is 5. The van der Waals surface area contributed by atoms with Crippen molar-refractivity contribution >= 4 is 57.2 Å². The molecule has 0 saturated carbocycles. The van der Waals surface area contributed by atoms with Crippen LogP contribution in [0, 0.1) is 6.92 Å². The Balaban J connectivity index is 1.76. The maximum Gasteiger partial charge on any atom is 0.357 e. The minimum absolute atomic E-state index is 0.245. The monoisotopic (exact) mass is 524 g/mol. The van der Waals surface area contributed by atoms with E-state index in [1.807, 2.05) is 13.0 Å². The number of fused-ring (bicyclic) bond motifs is 1. The summed E-state index contributed by atoms with van der Waals surface area (Å²) in [6.45, 7) is 4.94. The number of carbonyl (C=O) groups is 2. The molecule has 0 bridgehead atoms. The molecule has 0 saturated heterocycles. The average molecular weight is 525 g/mol. The molecule has 7 nitrogen and oxygen atoms in total. The van der Waals surface area contributed by atoms with E-state index in [1.165, 1.54) is 0 Å². The standard InChI is InChI=1S/C24H26Cl2N2O5S/c1-13(2)33-21(30)12-34(32)16-7-5-15(6-8-16)18(11-29)27-24(31)20-10-17-19(28(20)4)9-14(3)22(25)23(17)26/h5-10,13,18,29H,11-12H2,1-4H3,(H,27,31)/t18-,34?/m1/s1. The Bertz CT molecular complexity index is 1210. The maximum absolute atomic E-state index is 13.0. The Morgan fingerprint density at radius 1 is 1.18 bits per heavy atom. The van der Waals surface area contributed by atoms with Crippen LogP contribution in [0.3, 0.4) is 0 Å². The molecule has 182 valence electrons. The van der Waals surface area contributed by atoms with Crippen LogP contribution < -0.4 is 5.32 Å². The van der Waals surface area contributed by atoms with Crippen LogP contribution in [0.1, 0.15) is 41.5 Å². The van der Waals surface area contributed by atoms with Gasteiger partial charge in [-0.25, -0.2) is 4.79 Å². The van der Waals surface area contributed by atoms with Gasteiger partial charge in [0.05, 0.1) is 34.3 Å². The van der Waals surface area contributed by atoms with Crippen LogP contribution >= 0.6 is 23.2 Å². The molecule has 0 radical (unpaired) electrons. The third-order valence-corrected chi connectivity index (χ3v) is 7.56. The molecule has 1 amide bonds. The molecule has 2 N–H and O–H groups in total. The van der Waals surface area contributed by atoms with Crippen LogP contribution in [0.25, 0.3) is 10.9 Å². The van der Waals surface area contributed by atoms with E-state index in [2.05, 4.69) is 5.32 Å². The molecular formula is C24H26Cl2N2O5S. The van der Waals surface area contributed by atoms with E-state index < -0.39 is 29.1 Å². The first-order valence-electron chi connectivity index (χ1n) is 10.6. The highest BCUT2D eigenvalue weighted by Gasteiger charge is 2.22. The molecular weight excluding hydrogens is 499 g/mol. The maximum atomic E-state index is 13.0. The van der Waals surface area contributed by atoms with Crippen LogP contribution in [-0.4, -0.2) is 44.6 Å². The summed E-state index contributed by atoms with van der Waals surface area (Å²) in [7, 11) is 1.75. The van der Waals surface area contributed by atoms with Crippen molar-refractivity contribution in [1.82, 2.24) is 9.88 Å². The fourth-order valence-electron chi connectivity index (χ4n) is 3.55. The van der Waals surface area contributed by atoms with Crippen molar-refractivity contribution in [3.8, 4) is 0 Å². The van der Waals surface area contributed by atoms with E-state index in [0.29, 0.717) is 31.6 Å². The lowest BCUT2D eigenvalue weighted by atomic mass is 10.1. The molecule has 2 aromatic carbocycles. The Kier molecular flexibility index (Phi) is 8.54. The predicted octanol–water partition coefficient (Wildman–Crippen LogP) is 4.32. The molecule has 34 heavy (non-hydrogen) atoms. The summed E-state index contributed by atoms with van der Waals surface area (Å²) >= 11 is 11.1. The molecule has 3 rings (SSSR count). The number of halogens is 2. The lowest BCUT2D eigenvalue weighted by Crippen LogP contribution is -2.32. The van der Waals surface area contributed by atoms with E-state index in [0.717, 1.165) is 11.1 Å². The number of rotatable bonds is 8. The van der Waals surface area contributed by atoms with Crippen molar-refractivity contribution in [2.24, 2.45) is 7.05 Å². The smallest absolute Gasteiger partial charge is 0.357 e. The van der Waals surface area contributed by atoms with Gasteiger partial charge in [0.25, 0.3) is 5.91 Å². The van der Waals surface area contributed by atoms with Gasteiger partial charge in [-0.3, -0.25) is 4.79 Å². The van der Waals surface area contributed by atoms with E-state index in [4.69, 9.17) is 27.9 Å². The predicted molar refractivity (Wildman–Crippen MR) is 134 cm³/mol. The van der Waals surface area contributed by atoms with Gasteiger partial charge in [0, 0.05) is 12.4 Å². The zero-order valence-corrected chi connectivity index (χ0v) is 21.6. The molecule has 3 aromatic rings. The number of benzene rings is 2. The second kappa shape index (κ2) is 11.0. The molecule has 1 unspecified atom stereocenters. The zero-order chi connectivity index (χ0) is 25.2. The largest absolute Gasteiger partial charge is 0.611 e. The number of aryl methyl sites for hydroxylation is 2. The SMILES string of the molecule is Cc1cc2c(cc(C(=O)N[C@H](CO)c3ccc([S+]([O-])CC(=O)OC(C)C)cc3)n2C)c(Cl)c1Cl. The van der Waals surface area contributed by atoms with Crippen molar-refractivity contribution in [1.29, 1.82) is 0 Å². The minimum atomic E-state index is -1.56. The van der Waals surface area contributed by atoms with Crippen molar-refractivity contribution < 1.29 is 24.0 Å². The van der Waals surface area contributed by atoms with Gasteiger partial charge in [-0.1, -0.05) is 35.3 Å². The van der Waals surface area contributed by atoms with Crippen molar-refractivity contribution in [3.05, 3.63) is 63.3 Å². The zero-order valence-electron chi connectivity index (χ0n) is 19.2. The Morgan fingerprint density at radius 2 is 1.82 bits per heavy atom. The fraction of sp³-hybridized carbons (Fsp3) is 0.333. The van der Waals surface area contributed by atoms with Crippen LogP contribution in [0.5, 0.6) is 0 Å². The van der Waals surface area contributed by atoms with Crippen LogP contribution in [0.15, 0.2) is 41.3 Å². The number of carbonyl (C=O) groups excluding carboxylic acids is 2. The molecule has 1 heterocycles. The number of ether oxygens (including phenoxy) is 1. The van der Waals surface area contributed by atoms with Crippen LogP contribution in [-0.2, 0) is 27.8 Å². The number of esters is 1. The number of hydrogen-bond donors (Lipinski definition) is 2. The average Bonchev–Trinajstić information content (AvgIpc) is 3.11. The molecule has 0 fully saturated rings. The van der Waals surface area contributed by atoms with E-state index in [9.17, 15) is 19.2 Å². The summed E-state index contributed by atoms with van der Waals surface area (Å²) in [5.74, 6) is -1.18. The number of nitrogens with zero attached hydrogens (tertiary/aromatic N) is 1. The van der Waals surface area contributed by atoms with Gasteiger partial charge in [0.15, 0.2) is 4.90 Å². The van der Waals surface area contributed by atoms with E-state index in [1.54, 1.807) is 55.8 Å². The van der Waals surface area contributed by atoms with Crippen LogP contribution in [0.4, 0.5) is 0 Å². The highest BCUT2D eigenvalue weighted by Crippen LogP contribution is 2.35. The highest BCUT2D eigenvalue weighted by molar-refractivity contribution is 7.92. The summed E-state index contributed by atoms with van der Waals surface area (Å²) < 4.78 is 19.2. The van der Waals surface area contributed by atoms with Gasteiger partial charge < -0.3 is 24.3 Å². The number of nitrogens with one attached hydrogen (secondary N) is 1. The third-order valence-electron chi connectivity index (χ3n) is 5.29. The lowest BCUT2D eigenvalue weighted by molar-refractivity contribution is -0.144. The van der Waals surface area contributed by atoms with Crippen molar-refractivity contribution in [2.45, 2.75) is 37.8 Å². The molecule has 10 heteroatoms. The van der Waals surface area contributed by atoms with Gasteiger partial charge in [-0.15, -0.1) is 0 Å². The Hall–Kier alpha value is -2.23. The molecule has 2 atom stereocenters. The van der Waals surface area contributed by atoms with Gasteiger partial charge in [0.1, 0.15) is 5.69 Å². The fourth-order valence-corrected chi connectivity index (χ4v) is 4.90. The van der Waals surface area contributed by atoms with Crippen molar-refractivity contribution in [2.75, 3.05) is 12.4 Å². The number of aliphatic hydroxyl groups excluding tert-OH is 1. The molecule has 0 aliphatic carbocycles. The van der Waals surface area contributed by atoms with E-state index in [-0.39, 0.29) is 18.5 Å². The first kappa shape index (κ1) is 26.4. The summed E-state index contributed by atoms with van der Waals surface area (Å²) in [6, 6.07) is 9.34. The second-order valence-electron chi connectivity index (χ2n) is 8.15. The molecule has 0 aliphatic heterocycles. The first-order chi connectivity index (χ1) is 16.0. The first-order valence-corrected chi connectivity index (χ1v) is 12.6. The van der Waals surface area contributed by atoms with Gasteiger partial charge in [-0.2, -0.15) is 0 Å². The molecule has 1 aromatic heterocycles. The normalized spacial score (nSPS) is 13.2. The quantitative estimate of drug-likeness (QED) is 0.337. The summed E-state index contributed by atoms with van der Waals surface area (Å²) in [5, 5.41) is 14.2. The summed E-state index contributed by atoms with van der Waals surface area (Å²) in [4.78, 5) is 25.2. The molecule has 0 spiro atoms. The van der Waals surface area contributed by atoms with E-state index >= 15 is 0 Å². The number of aliphatic hydroxyl groups is 1. The third kappa shape index (κ3) is 5.70. The number of amides is 1. The Morgan fingerprint density at radius 3 is 2.41 bits per heavy atom. The summed E-state index contributed by atoms with van der Waals surface area (Å²) in [5.41, 5.74) is 2.55. The van der Waals surface area contributed by atoms with Gasteiger partial charge in [0.2, 0.25) is 5.75 Å².